The van der Waals surface area contributed by atoms with Gasteiger partial charge in [0, 0.05) is 24.2 Å². The maximum Gasteiger partial charge on any atom is 0.129 e. The third-order valence-electron chi connectivity index (χ3n) is 4.01. The molecule has 2 N–H and O–H groups in total. The lowest BCUT2D eigenvalue weighted by Crippen LogP contribution is -2.20. The minimum absolute atomic E-state index is 0.744. The number of pyridine rings is 1. The predicted molar refractivity (Wildman–Crippen MR) is 76.7 cm³/mol. The van der Waals surface area contributed by atoms with Gasteiger partial charge >= 0.3 is 0 Å². The van der Waals surface area contributed by atoms with Gasteiger partial charge in [0.1, 0.15) is 5.82 Å². The molecule has 0 aliphatic carbocycles. The van der Waals surface area contributed by atoms with Crippen LogP contribution >= 0.6 is 0 Å². The van der Waals surface area contributed by atoms with Gasteiger partial charge in [0.2, 0.25) is 0 Å². The number of fused-ring (bicyclic) bond motifs is 1. The molecule has 0 amide bonds. The molecule has 0 saturated carbocycles. The Balaban J connectivity index is 1.96. The third kappa shape index (κ3) is 1.90. The number of anilines is 2. The zero-order chi connectivity index (χ0) is 12.7. The smallest absolute Gasteiger partial charge is 0.129 e. The van der Waals surface area contributed by atoms with Crippen molar-refractivity contribution < 1.29 is 0 Å². The molecule has 18 heavy (non-hydrogen) atoms. The van der Waals surface area contributed by atoms with Gasteiger partial charge in [0.05, 0.1) is 5.52 Å². The van der Waals surface area contributed by atoms with Crippen molar-refractivity contribution in [2.24, 2.45) is 11.8 Å². The van der Waals surface area contributed by atoms with Crippen LogP contribution < -0.4 is 10.6 Å². The number of nitrogen functional groups attached to an aromatic ring is 1. The zero-order valence-corrected chi connectivity index (χ0v) is 10.9. The Morgan fingerprint density at radius 3 is 2.56 bits per heavy atom. The van der Waals surface area contributed by atoms with Gasteiger partial charge in [0.25, 0.3) is 0 Å². The fraction of sp³-hybridized carbons (Fsp3) is 0.400. The Hall–Kier alpha value is -1.77. The standard InChI is InChI=1S/C15H19N3/c1-10-8-18(9-11(10)2)15-6-3-12-7-13(16)4-5-14(12)17-15/h3-7,10-11H,8-9,16H2,1-2H3. The van der Waals surface area contributed by atoms with Crippen molar-refractivity contribution in [1.82, 2.24) is 4.98 Å². The van der Waals surface area contributed by atoms with Gasteiger partial charge in [-0.15, -0.1) is 0 Å². The van der Waals surface area contributed by atoms with Crippen LogP contribution in [0, 0.1) is 11.8 Å². The molecule has 94 valence electrons. The maximum absolute atomic E-state index is 5.78. The van der Waals surface area contributed by atoms with E-state index in [1.807, 2.05) is 18.2 Å². The summed E-state index contributed by atoms with van der Waals surface area (Å²) >= 11 is 0. The summed E-state index contributed by atoms with van der Waals surface area (Å²) in [6.07, 6.45) is 0. The van der Waals surface area contributed by atoms with Crippen LogP contribution in [-0.2, 0) is 0 Å². The highest BCUT2D eigenvalue weighted by Gasteiger charge is 2.26. The van der Waals surface area contributed by atoms with Gasteiger partial charge in [-0.2, -0.15) is 0 Å². The summed E-state index contributed by atoms with van der Waals surface area (Å²) in [4.78, 5) is 7.12. The predicted octanol–water partition coefficient (Wildman–Crippen LogP) is 2.91. The molecule has 0 bridgehead atoms. The minimum Gasteiger partial charge on any atom is -0.399 e. The quantitative estimate of drug-likeness (QED) is 0.781. The second kappa shape index (κ2) is 4.16. The number of aromatic nitrogens is 1. The topological polar surface area (TPSA) is 42.1 Å². The van der Waals surface area contributed by atoms with Crippen LogP contribution in [0.1, 0.15) is 13.8 Å². The normalized spacial score (nSPS) is 23.8. The van der Waals surface area contributed by atoms with Gasteiger partial charge in [-0.3, -0.25) is 0 Å². The first kappa shape index (κ1) is 11.3. The molecular formula is C15H19N3. The van der Waals surface area contributed by atoms with Crippen LogP contribution in [0.2, 0.25) is 0 Å². The highest BCUT2D eigenvalue weighted by molar-refractivity contribution is 5.83. The lowest BCUT2D eigenvalue weighted by atomic mass is 10.0. The second-order valence-electron chi connectivity index (χ2n) is 5.48. The van der Waals surface area contributed by atoms with Crippen LogP contribution in [0.15, 0.2) is 30.3 Å². The van der Waals surface area contributed by atoms with Crippen molar-refractivity contribution in [3.63, 3.8) is 0 Å². The first-order valence-corrected chi connectivity index (χ1v) is 6.55. The molecule has 3 heteroatoms. The van der Waals surface area contributed by atoms with Crippen LogP contribution in [0.3, 0.4) is 0 Å². The van der Waals surface area contributed by atoms with Gasteiger partial charge < -0.3 is 10.6 Å². The number of nitrogens with zero attached hydrogens (tertiary/aromatic N) is 2. The van der Waals surface area contributed by atoms with E-state index in [1.165, 1.54) is 0 Å². The Labute approximate surface area is 108 Å². The van der Waals surface area contributed by atoms with E-state index < -0.39 is 0 Å². The van der Waals surface area contributed by atoms with Crippen molar-refractivity contribution in [2.75, 3.05) is 23.7 Å². The molecular weight excluding hydrogens is 222 g/mol. The molecule has 0 spiro atoms. The van der Waals surface area contributed by atoms with Crippen LogP contribution in [0.4, 0.5) is 11.5 Å². The number of benzene rings is 1. The fourth-order valence-electron chi connectivity index (χ4n) is 2.63. The van der Waals surface area contributed by atoms with Gasteiger partial charge in [-0.25, -0.2) is 4.98 Å². The summed E-state index contributed by atoms with van der Waals surface area (Å²) < 4.78 is 0. The Morgan fingerprint density at radius 1 is 1.11 bits per heavy atom. The maximum atomic E-state index is 5.78. The zero-order valence-electron chi connectivity index (χ0n) is 10.9. The Bertz CT molecular complexity index is 569. The van der Waals surface area contributed by atoms with Crippen molar-refractivity contribution in [2.45, 2.75) is 13.8 Å². The highest BCUT2D eigenvalue weighted by Crippen LogP contribution is 2.28. The molecule has 1 aliphatic heterocycles. The molecule has 1 aromatic carbocycles. The number of nitrogens with two attached hydrogens (primary N) is 1. The van der Waals surface area contributed by atoms with Crippen molar-refractivity contribution in [1.29, 1.82) is 0 Å². The summed E-state index contributed by atoms with van der Waals surface area (Å²) in [6, 6.07) is 10.1. The van der Waals surface area contributed by atoms with E-state index in [1.54, 1.807) is 0 Å². The van der Waals surface area contributed by atoms with E-state index in [2.05, 4.69) is 30.9 Å². The van der Waals surface area contributed by atoms with E-state index in [0.29, 0.717) is 0 Å². The lowest BCUT2D eigenvalue weighted by molar-refractivity contribution is 0.494. The van der Waals surface area contributed by atoms with E-state index in [4.69, 9.17) is 10.7 Å². The van der Waals surface area contributed by atoms with Crippen LogP contribution in [0.5, 0.6) is 0 Å². The van der Waals surface area contributed by atoms with E-state index in [0.717, 1.165) is 47.3 Å². The first-order valence-electron chi connectivity index (χ1n) is 6.55. The third-order valence-corrected chi connectivity index (χ3v) is 4.01. The summed E-state index contributed by atoms with van der Waals surface area (Å²) in [5.41, 5.74) is 7.60. The van der Waals surface area contributed by atoms with Crippen LogP contribution in [-0.4, -0.2) is 18.1 Å². The number of hydrogen-bond acceptors (Lipinski definition) is 3. The molecule has 2 aromatic rings. The number of rotatable bonds is 1. The van der Waals surface area contributed by atoms with Gasteiger partial charge in [-0.05, 0) is 42.2 Å². The van der Waals surface area contributed by atoms with Crippen molar-refractivity contribution in [3.05, 3.63) is 30.3 Å². The molecule has 2 atom stereocenters. The summed E-state index contributed by atoms with van der Waals surface area (Å²) in [7, 11) is 0. The lowest BCUT2D eigenvalue weighted by Gasteiger charge is -2.17. The van der Waals surface area contributed by atoms with Gasteiger partial charge in [0.15, 0.2) is 0 Å². The van der Waals surface area contributed by atoms with Crippen molar-refractivity contribution in [3.8, 4) is 0 Å². The molecule has 2 heterocycles. The number of hydrogen-bond donors (Lipinski definition) is 1. The highest BCUT2D eigenvalue weighted by atomic mass is 15.2. The monoisotopic (exact) mass is 241 g/mol. The Morgan fingerprint density at radius 2 is 1.83 bits per heavy atom. The van der Waals surface area contributed by atoms with Gasteiger partial charge in [-0.1, -0.05) is 13.8 Å². The fourth-order valence-corrected chi connectivity index (χ4v) is 2.63. The van der Waals surface area contributed by atoms with E-state index in [-0.39, 0.29) is 0 Å². The van der Waals surface area contributed by atoms with Crippen LogP contribution in [0.25, 0.3) is 10.9 Å². The molecule has 3 nitrogen and oxygen atoms in total. The largest absolute Gasteiger partial charge is 0.399 e. The SMILES string of the molecule is CC1CN(c2ccc3cc(N)ccc3n2)CC1C. The average Bonchev–Trinajstić information content (AvgIpc) is 2.69. The molecule has 1 saturated heterocycles. The summed E-state index contributed by atoms with van der Waals surface area (Å²) in [6.45, 7) is 6.84. The molecule has 1 aliphatic rings. The molecule has 1 fully saturated rings. The van der Waals surface area contributed by atoms with E-state index >= 15 is 0 Å². The average molecular weight is 241 g/mol. The Kier molecular flexibility index (Phi) is 2.62. The van der Waals surface area contributed by atoms with E-state index in [9.17, 15) is 0 Å². The molecule has 2 unspecified atom stereocenters. The molecule has 1 aromatic heterocycles. The molecule has 3 rings (SSSR count). The minimum atomic E-state index is 0.744. The summed E-state index contributed by atoms with van der Waals surface area (Å²) in [5, 5.41) is 1.11. The second-order valence-corrected chi connectivity index (χ2v) is 5.48. The summed E-state index contributed by atoms with van der Waals surface area (Å²) in [5.74, 6) is 2.58. The molecule has 0 radical (unpaired) electrons. The van der Waals surface area contributed by atoms with Crippen molar-refractivity contribution >= 4 is 22.4 Å². The first-order chi connectivity index (χ1) is 8.63.